The summed E-state index contributed by atoms with van der Waals surface area (Å²) in [6.07, 6.45) is 3.03. The maximum absolute atomic E-state index is 14.8. The number of hydrogen-bond acceptors (Lipinski definition) is 3. The molecule has 35 heavy (non-hydrogen) atoms. The number of hydrogen-bond donors (Lipinski definition) is 1. The molecule has 0 spiro atoms. The Morgan fingerprint density at radius 3 is 2.51 bits per heavy atom. The minimum Gasteiger partial charge on any atom is -0.497 e. The van der Waals surface area contributed by atoms with Crippen LogP contribution in [0.15, 0.2) is 54.6 Å². The molecule has 0 amide bonds. The number of methoxy groups -OCH3 is 1. The fourth-order valence-corrected chi connectivity index (χ4v) is 4.93. The first-order valence-electron chi connectivity index (χ1n) is 12.1. The van der Waals surface area contributed by atoms with Crippen LogP contribution in [0.5, 0.6) is 11.5 Å². The first-order chi connectivity index (χ1) is 16.7. The Labute approximate surface area is 206 Å². The highest BCUT2D eigenvalue weighted by Gasteiger charge is 2.24. The molecule has 0 aromatic heterocycles. The number of aliphatic carboxylic acids is 1. The molecule has 1 aliphatic rings. The molecule has 0 fully saturated rings. The SMILES string of the molecule is COc1ccc(F)c(-c2ccc(COc3ccc4c(c3)[C@@H](CC(=O)O)CCC4)cc2C(C)(C)C)c1. The van der Waals surface area contributed by atoms with Gasteiger partial charge < -0.3 is 14.6 Å². The third-order valence-electron chi connectivity index (χ3n) is 6.74. The van der Waals surface area contributed by atoms with E-state index in [9.17, 15) is 14.3 Å². The molecule has 4 nitrogen and oxygen atoms in total. The summed E-state index contributed by atoms with van der Waals surface area (Å²) in [6.45, 7) is 6.70. The van der Waals surface area contributed by atoms with E-state index in [0.717, 1.165) is 47.3 Å². The van der Waals surface area contributed by atoms with Crippen LogP contribution in [0.1, 0.15) is 68.2 Å². The molecule has 0 heterocycles. The van der Waals surface area contributed by atoms with E-state index in [1.165, 1.54) is 11.6 Å². The zero-order valence-electron chi connectivity index (χ0n) is 20.9. The summed E-state index contributed by atoms with van der Waals surface area (Å²) in [5.41, 5.74) is 5.46. The van der Waals surface area contributed by atoms with Gasteiger partial charge in [-0.05, 0) is 88.7 Å². The van der Waals surface area contributed by atoms with Crippen LogP contribution in [0.3, 0.4) is 0 Å². The Kier molecular flexibility index (Phi) is 7.15. The van der Waals surface area contributed by atoms with Gasteiger partial charge in [0.05, 0.1) is 13.5 Å². The summed E-state index contributed by atoms with van der Waals surface area (Å²) in [5.74, 6) is 0.328. The second-order valence-electron chi connectivity index (χ2n) is 10.3. The van der Waals surface area contributed by atoms with Crippen molar-refractivity contribution in [1.29, 1.82) is 0 Å². The van der Waals surface area contributed by atoms with Crippen molar-refractivity contribution in [2.45, 2.75) is 64.4 Å². The van der Waals surface area contributed by atoms with E-state index in [0.29, 0.717) is 17.9 Å². The number of ether oxygens (including phenoxy) is 2. The Morgan fingerprint density at radius 2 is 1.80 bits per heavy atom. The van der Waals surface area contributed by atoms with Crippen LogP contribution < -0.4 is 9.47 Å². The van der Waals surface area contributed by atoms with E-state index in [2.05, 4.69) is 32.9 Å². The van der Waals surface area contributed by atoms with Crippen LogP contribution in [0.25, 0.3) is 11.1 Å². The molecule has 0 radical (unpaired) electrons. The molecule has 4 rings (SSSR count). The maximum Gasteiger partial charge on any atom is 0.303 e. The summed E-state index contributed by atoms with van der Waals surface area (Å²) < 4.78 is 26.2. The lowest BCUT2D eigenvalue weighted by Gasteiger charge is -2.25. The molecule has 0 bridgehead atoms. The lowest BCUT2D eigenvalue weighted by atomic mass is 9.80. The fraction of sp³-hybridized carbons (Fsp3) is 0.367. The van der Waals surface area contributed by atoms with Gasteiger partial charge in [-0.2, -0.15) is 0 Å². The molecule has 5 heteroatoms. The summed E-state index contributed by atoms with van der Waals surface area (Å²) in [4.78, 5) is 11.3. The molecule has 0 aliphatic heterocycles. The molecule has 184 valence electrons. The number of rotatable bonds is 7. The average Bonchev–Trinajstić information content (AvgIpc) is 2.82. The second-order valence-corrected chi connectivity index (χ2v) is 10.3. The summed E-state index contributed by atoms with van der Waals surface area (Å²) in [6, 6.07) is 16.8. The minimum absolute atomic E-state index is 0.0318. The highest BCUT2D eigenvalue weighted by atomic mass is 19.1. The number of aryl methyl sites for hydroxylation is 1. The third kappa shape index (κ3) is 5.67. The molecule has 3 aromatic rings. The van der Waals surface area contributed by atoms with Crippen molar-refractivity contribution in [1.82, 2.24) is 0 Å². The number of fused-ring (bicyclic) bond motifs is 1. The van der Waals surface area contributed by atoms with Crippen molar-refractivity contribution in [3.05, 3.63) is 82.7 Å². The van der Waals surface area contributed by atoms with Gasteiger partial charge in [0.2, 0.25) is 0 Å². The fourth-order valence-electron chi connectivity index (χ4n) is 4.93. The summed E-state index contributed by atoms with van der Waals surface area (Å²) in [7, 11) is 1.58. The number of carbonyl (C=O) groups is 1. The number of benzene rings is 3. The molecule has 1 N–H and O–H groups in total. The molecule has 3 aromatic carbocycles. The summed E-state index contributed by atoms with van der Waals surface area (Å²) >= 11 is 0. The van der Waals surface area contributed by atoms with Gasteiger partial charge in [-0.25, -0.2) is 4.39 Å². The molecule has 0 saturated heterocycles. The van der Waals surface area contributed by atoms with E-state index in [1.54, 1.807) is 19.2 Å². The molecular formula is C30H33FO4. The van der Waals surface area contributed by atoms with Gasteiger partial charge in [-0.1, -0.05) is 45.0 Å². The van der Waals surface area contributed by atoms with Crippen molar-refractivity contribution in [3.8, 4) is 22.6 Å². The van der Waals surface area contributed by atoms with Gasteiger partial charge in [-0.15, -0.1) is 0 Å². The van der Waals surface area contributed by atoms with Gasteiger partial charge in [0.1, 0.15) is 23.9 Å². The third-order valence-corrected chi connectivity index (χ3v) is 6.74. The monoisotopic (exact) mass is 476 g/mol. The van der Waals surface area contributed by atoms with Crippen LogP contribution in [-0.4, -0.2) is 18.2 Å². The van der Waals surface area contributed by atoms with Gasteiger partial charge in [0, 0.05) is 5.56 Å². The quantitative estimate of drug-likeness (QED) is 0.389. The van der Waals surface area contributed by atoms with E-state index in [1.807, 2.05) is 24.3 Å². The lowest BCUT2D eigenvalue weighted by molar-refractivity contribution is -0.137. The van der Waals surface area contributed by atoms with Crippen LogP contribution in [0.4, 0.5) is 4.39 Å². The first kappa shape index (κ1) is 24.8. The van der Waals surface area contributed by atoms with Crippen LogP contribution >= 0.6 is 0 Å². The van der Waals surface area contributed by atoms with Crippen molar-refractivity contribution in [3.63, 3.8) is 0 Å². The standard InChI is InChI=1S/C30H33FO4/c1-30(2,3)27-14-19(8-12-24(27)26-16-22(34-4)11-13-28(26)31)18-35-23-10-9-20-6-5-7-21(15-29(32)33)25(20)17-23/h8-14,16-17,21H,5-7,15,18H2,1-4H3,(H,32,33)/t21-/m1/s1. The van der Waals surface area contributed by atoms with Gasteiger partial charge in [0.25, 0.3) is 0 Å². The highest BCUT2D eigenvalue weighted by Crippen LogP contribution is 2.38. The average molecular weight is 477 g/mol. The smallest absolute Gasteiger partial charge is 0.303 e. The minimum atomic E-state index is -0.767. The Hall–Kier alpha value is -3.34. The summed E-state index contributed by atoms with van der Waals surface area (Å²) in [5, 5.41) is 9.29. The Bertz CT molecular complexity index is 1230. The van der Waals surface area contributed by atoms with Crippen molar-refractivity contribution in [2.75, 3.05) is 7.11 Å². The topological polar surface area (TPSA) is 55.8 Å². The molecule has 0 saturated carbocycles. The zero-order chi connectivity index (χ0) is 25.2. The van der Waals surface area contributed by atoms with Crippen molar-refractivity contribution >= 4 is 5.97 Å². The van der Waals surface area contributed by atoms with E-state index < -0.39 is 5.97 Å². The van der Waals surface area contributed by atoms with Crippen molar-refractivity contribution < 1.29 is 23.8 Å². The predicted octanol–water partition coefficient (Wildman–Crippen LogP) is 7.27. The zero-order valence-corrected chi connectivity index (χ0v) is 20.9. The Morgan fingerprint density at radius 1 is 1.03 bits per heavy atom. The normalized spacial score (nSPS) is 15.4. The van der Waals surface area contributed by atoms with Crippen LogP contribution in [-0.2, 0) is 23.2 Å². The lowest BCUT2D eigenvalue weighted by Crippen LogP contribution is -2.14. The van der Waals surface area contributed by atoms with E-state index >= 15 is 0 Å². The molecular weight excluding hydrogens is 443 g/mol. The Balaban J connectivity index is 1.60. The van der Waals surface area contributed by atoms with Gasteiger partial charge >= 0.3 is 5.97 Å². The van der Waals surface area contributed by atoms with Crippen molar-refractivity contribution in [2.24, 2.45) is 0 Å². The maximum atomic E-state index is 14.8. The number of carboxylic acid groups (broad SMARTS) is 1. The first-order valence-corrected chi connectivity index (χ1v) is 12.1. The van der Waals surface area contributed by atoms with Gasteiger partial charge in [-0.3, -0.25) is 4.79 Å². The molecule has 1 aliphatic carbocycles. The predicted molar refractivity (Wildman–Crippen MR) is 136 cm³/mol. The number of halogens is 1. The largest absolute Gasteiger partial charge is 0.497 e. The molecule has 1 atom stereocenters. The number of carboxylic acids is 1. The highest BCUT2D eigenvalue weighted by molar-refractivity contribution is 5.71. The molecule has 0 unspecified atom stereocenters. The van der Waals surface area contributed by atoms with Gasteiger partial charge in [0.15, 0.2) is 0 Å². The van der Waals surface area contributed by atoms with E-state index in [-0.39, 0.29) is 23.6 Å². The van der Waals surface area contributed by atoms with Crippen LogP contribution in [0, 0.1) is 5.82 Å². The second kappa shape index (κ2) is 10.1. The van der Waals surface area contributed by atoms with E-state index in [4.69, 9.17) is 9.47 Å². The van der Waals surface area contributed by atoms with Crippen LogP contribution in [0.2, 0.25) is 0 Å².